The summed E-state index contributed by atoms with van der Waals surface area (Å²) in [5.74, 6) is 0. The predicted octanol–water partition coefficient (Wildman–Crippen LogP) is 4.15. The van der Waals surface area contributed by atoms with E-state index in [4.69, 9.17) is 0 Å². The highest BCUT2D eigenvalue weighted by Crippen LogP contribution is 2.44. The summed E-state index contributed by atoms with van der Waals surface area (Å²) < 4.78 is 0. The van der Waals surface area contributed by atoms with Crippen LogP contribution < -0.4 is 0 Å². The van der Waals surface area contributed by atoms with Gasteiger partial charge in [0, 0.05) is 0 Å². The molecule has 80 valence electrons. The molecule has 0 aromatic rings. The van der Waals surface area contributed by atoms with E-state index in [0.29, 0.717) is 0 Å². The molecule has 0 spiro atoms. The summed E-state index contributed by atoms with van der Waals surface area (Å²) >= 11 is 0. The summed E-state index contributed by atoms with van der Waals surface area (Å²) in [6.45, 7) is 4.00. The Morgan fingerprint density at radius 3 is 2.33 bits per heavy atom. The van der Waals surface area contributed by atoms with Crippen LogP contribution in [0.15, 0.2) is 36.0 Å². The van der Waals surface area contributed by atoms with Gasteiger partial charge in [0.2, 0.25) is 0 Å². The van der Waals surface area contributed by atoms with Gasteiger partial charge < -0.3 is 0 Å². The molecule has 0 aromatic heterocycles. The molecule has 0 radical (unpaired) electrons. The molecule has 15 heavy (non-hydrogen) atoms. The molecular formula is C14H19N. The van der Waals surface area contributed by atoms with Crippen molar-refractivity contribution in [1.29, 1.82) is 5.26 Å². The van der Waals surface area contributed by atoms with Crippen molar-refractivity contribution in [2.45, 2.75) is 39.5 Å². The fraction of sp³-hybridized carbons (Fsp3) is 0.500. The molecule has 0 amide bonds. The van der Waals surface area contributed by atoms with Gasteiger partial charge >= 0.3 is 0 Å². The van der Waals surface area contributed by atoms with Crippen LogP contribution in [0.5, 0.6) is 0 Å². The van der Waals surface area contributed by atoms with Crippen molar-refractivity contribution in [2.75, 3.05) is 0 Å². The molecule has 1 saturated carbocycles. The lowest BCUT2D eigenvalue weighted by Crippen LogP contribution is -2.15. The first-order valence-corrected chi connectivity index (χ1v) is 5.66. The minimum absolute atomic E-state index is 0.216. The van der Waals surface area contributed by atoms with E-state index < -0.39 is 0 Å². The number of hydrogen-bond donors (Lipinski definition) is 0. The van der Waals surface area contributed by atoms with Crippen LogP contribution in [0.2, 0.25) is 0 Å². The van der Waals surface area contributed by atoms with Crippen LogP contribution in [-0.2, 0) is 0 Å². The molecule has 1 fully saturated rings. The Balaban J connectivity index is 3.02. The first-order valence-electron chi connectivity index (χ1n) is 5.66. The van der Waals surface area contributed by atoms with Crippen LogP contribution in [0, 0.1) is 16.7 Å². The quantitative estimate of drug-likeness (QED) is 0.629. The third-order valence-electron chi connectivity index (χ3n) is 3.04. The minimum atomic E-state index is -0.216. The van der Waals surface area contributed by atoms with Gasteiger partial charge in [-0.2, -0.15) is 5.26 Å². The number of hydrogen-bond acceptors (Lipinski definition) is 1. The molecule has 1 aliphatic carbocycles. The summed E-state index contributed by atoms with van der Waals surface area (Å²) in [6, 6.07) is 2.52. The van der Waals surface area contributed by atoms with Crippen LogP contribution >= 0.6 is 0 Å². The van der Waals surface area contributed by atoms with E-state index in [1.54, 1.807) is 0 Å². The van der Waals surface area contributed by atoms with Crippen LogP contribution in [0.4, 0.5) is 0 Å². The van der Waals surface area contributed by atoms with E-state index in [1.807, 2.05) is 32.1 Å². The van der Waals surface area contributed by atoms with E-state index in [-0.39, 0.29) is 5.41 Å². The van der Waals surface area contributed by atoms with Gasteiger partial charge in [-0.1, -0.05) is 43.2 Å². The molecule has 0 N–H and O–H groups in total. The Kier molecular flexibility index (Phi) is 4.37. The van der Waals surface area contributed by atoms with Crippen molar-refractivity contribution in [3.63, 3.8) is 0 Å². The highest BCUT2D eigenvalue weighted by atomic mass is 14.4. The van der Waals surface area contributed by atoms with Gasteiger partial charge in [0.25, 0.3) is 0 Å². The van der Waals surface area contributed by atoms with Gasteiger partial charge in [0.15, 0.2) is 0 Å². The Hall–Kier alpha value is -1.29. The molecule has 0 bridgehead atoms. The lowest BCUT2D eigenvalue weighted by molar-refractivity contribution is 0.506. The summed E-state index contributed by atoms with van der Waals surface area (Å²) in [4.78, 5) is 0. The predicted molar refractivity (Wildman–Crippen MR) is 64.2 cm³/mol. The van der Waals surface area contributed by atoms with Crippen molar-refractivity contribution >= 4 is 0 Å². The standard InChI is InChI=1S/C14H19N/c1-3-5-9-13(8-4-2)14(12-15)10-6-7-11-14/h3-5,8-9H,6-7,10-11H2,1-2H3/b5-3-,8-4-,13-9+. The van der Waals surface area contributed by atoms with Gasteiger partial charge in [-0.05, 0) is 32.3 Å². The molecule has 0 atom stereocenters. The van der Waals surface area contributed by atoms with Crippen LogP contribution in [0.25, 0.3) is 0 Å². The molecule has 1 rings (SSSR count). The smallest absolute Gasteiger partial charge is 0.0822 e. The highest BCUT2D eigenvalue weighted by molar-refractivity contribution is 5.36. The number of nitrogens with zero attached hydrogens (tertiary/aromatic N) is 1. The summed E-state index contributed by atoms with van der Waals surface area (Å²) in [6.07, 6.45) is 14.6. The summed E-state index contributed by atoms with van der Waals surface area (Å²) in [7, 11) is 0. The molecule has 1 aliphatic rings. The number of allylic oxidation sites excluding steroid dienone is 6. The first kappa shape index (κ1) is 11.8. The Bertz CT molecular complexity index is 320. The van der Waals surface area contributed by atoms with E-state index in [1.165, 1.54) is 18.4 Å². The maximum absolute atomic E-state index is 9.36. The maximum atomic E-state index is 9.36. The van der Waals surface area contributed by atoms with E-state index in [2.05, 4.69) is 18.2 Å². The summed E-state index contributed by atoms with van der Waals surface area (Å²) in [5, 5.41) is 9.36. The van der Waals surface area contributed by atoms with Crippen LogP contribution in [0.1, 0.15) is 39.5 Å². The third kappa shape index (κ3) is 2.59. The highest BCUT2D eigenvalue weighted by Gasteiger charge is 2.36. The largest absolute Gasteiger partial charge is 0.197 e. The van der Waals surface area contributed by atoms with E-state index >= 15 is 0 Å². The van der Waals surface area contributed by atoms with Gasteiger partial charge in [0.05, 0.1) is 11.5 Å². The first-order chi connectivity index (χ1) is 7.29. The molecule has 0 aromatic carbocycles. The van der Waals surface area contributed by atoms with Crippen molar-refractivity contribution < 1.29 is 0 Å². The maximum Gasteiger partial charge on any atom is 0.0822 e. The topological polar surface area (TPSA) is 23.8 Å². The number of rotatable bonds is 3. The molecule has 0 unspecified atom stereocenters. The van der Waals surface area contributed by atoms with Gasteiger partial charge in [-0.3, -0.25) is 0 Å². The van der Waals surface area contributed by atoms with Gasteiger partial charge in [-0.15, -0.1) is 0 Å². The Morgan fingerprint density at radius 1 is 1.20 bits per heavy atom. The van der Waals surface area contributed by atoms with Crippen LogP contribution in [0.3, 0.4) is 0 Å². The van der Waals surface area contributed by atoms with Crippen molar-refractivity contribution in [1.82, 2.24) is 0 Å². The Labute approximate surface area is 92.8 Å². The molecule has 1 heteroatoms. The SMILES string of the molecule is C\C=C/C=C(\C=C/C)C1(C#N)CCCC1. The zero-order valence-electron chi connectivity index (χ0n) is 9.66. The van der Waals surface area contributed by atoms with Gasteiger partial charge in [0.1, 0.15) is 0 Å². The lowest BCUT2D eigenvalue weighted by Gasteiger charge is -2.21. The average molecular weight is 201 g/mol. The monoisotopic (exact) mass is 201 g/mol. The lowest BCUT2D eigenvalue weighted by atomic mass is 9.79. The van der Waals surface area contributed by atoms with E-state index in [9.17, 15) is 5.26 Å². The van der Waals surface area contributed by atoms with Crippen LogP contribution in [-0.4, -0.2) is 0 Å². The van der Waals surface area contributed by atoms with Crippen molar-refractivity contribution in [3.8, 4) is 6.07 Å². The fourth-order valence-corrected chi connectivity index (χ4v) is 2.20. The second-order valence-corrected chi connectivity index (χ2v) is 4.05. The molecule has 0 saturated heterocycles. The van der Waals surface area contributed by atoms with Crippen molar-refractivity contribution in [2.24, 2.45) is 5.41 Å². The third-order valence-corrected chi connectivity index (χ3v) is 3.04. The Morgan fingerprint density at radius 2 is 1.87 bits per heavy atom. The molecular weight excluding hydrogens is 182 g/mol. The molecule has 0 aliphatic heterocycles. The normalized spacial score (nSPS) is 21.3. The average Bonchev–Trinajstić information content (AvgIpc) is 2.74. The summed E-state index contributed by atoms with van der Waals surface area (Å²) in [5.41, 5.74) is 0.953. The minimum Gasteiger partial charge on any atom is -0.197 e. The second kappa shape index (κ2) is 5.56. The second-order valence-electron chi connectivity index (χ2n) is 4.05. The fourth-order valence-electron chi connectivity index (χ4n) is 2.20. The van der Waals surface area contributed by atoms with E-state index in [0.717, 1.165) is 12.8 Å². The zero-order chi connectivity index (χ0) is 11.1. The number of nitriles is 1. The zero-order valence-corrected chi connectivity index (χ0v) is 9.66. The molecule has 1 nitrogen and oxygen atoms in total. The van der Waals surface area contributed by atoms with Gasteiger partial charge in [-0.25, -0.2) is 0 Å². The molecule has 0 heterocycles. The van der Waals surface area contributed by atoms with Crippen molar-refractivity contribution in [3.05, 3.63) is 36.0 Å².